The highest BCUT2D eigenvalue weighted by Crippen LogP contribution is 2.38. The molecule has 88 valence electrons. The van der Waals surface area contributed by atoms with E-state index in [2.05, 4.69) is 15.9 Å². The smallest absolute Gasteiger partial charge is 0.194 e. The molecule has 0 heterocycles. The summed E-state index contributed by atoms with van der Waals surface area (Å²) in [5.74, 6) is -2.86. The third kappa shape index (κ3) is 2.59. The lowest BCUT2D eigenvalue weighted by Gasteiger charge is -2.09. The van der Waals surface area contributed by atoms with Gasteiger partial charge in [-0.1, -0.05) is 22.0 Å². The zero-order valence-electron chi connectivity index (χ0n) is 8.65. The minimum atomic E-state index is -1.37. The zero-order valence-corrected chi connectivity index (χ0v) is 10.2. The number of hydrogen-bond acceptors (Lipinski definition) is 0. The Bertz CT molecular complexity index is 388. The summed E-state index contributed by atoms with van der Waals surface area (Å²) in [6.07, 6.45) is 3.61. The second-order valence-electron chi connectivity index (χ2n) is 4.23. The number of hydrogen-bond donors (Lipinski definition) is 0. The van der Waals surface area contributed by atoms with E-state index in [1.807, 2.05) is 0 Å². The van der Waals surface area contributed by atoms with Gasteiger partial charge in [0.2, 0.25) is 0 Å². The summed E-state index contributed by atoms with van der Waals surface area (Å²) < 4.78 is 38.9. The van der Waals surface area contributed by atoms with Crippen molar-refractivity contribution in [2.24, 2.45) is 5.92 Å². The van der Waals surface area contributed by atoms with Crippen LogP contribution in [0, 0.1) is 23.4 Å². The summed E-state index contributed by atoms with van der Waals surface area (Å²) in [5, 5.41) is 0. The van der Waals surface area contributed by atoms with Crippen molar-refractivity contribution in [1.29, 1.82) is 0 Å². The molecule has 1 unspecified atom stereocenters. The lowest BCUT2D eigenvalue weighted by Crippen LogP contribution is -2.05. The third-order valence-electron chi connectivity index (χ3n) is 2.94. The molecule has 2 rings (SSSR count). The molecule has 0 aromatic heterocycles. The predicted octanol–water partition coefficient (Wildman–Crippen LogP) is 4.21. The molecule has 16 heavy (non-hydrogen) atoms. The molecule has 0 radical (unpaired) electrons. The molecule has 1 aliphatic carbocycles. The van der Waals surface area contributed by atoms with E-state index in [9.17, 15) is 13.2 Å². The Kier molecular flexibility index (Phi) is 3.57. The first kappa shape index (κ1) is 12.0. The van der Waals surface area contributed by atoms with Crippen molar-refractivity contribution in [3.63, 3.8) is 0 Å². The standard InChI is InChI=1S/C12H12BrF3/c13-9(7-1-2-7)5-3-8-4-6-10(14)12(16)11(8)15/h4,6-7,9H,1-3,5H2. The summed E-state index contributed by atoms with van der Waals surface area (Å²) in [7, 11) is 0. The normalized spacial score (nSPS) is 17.5. The average Bonchev–Trinajstić information content (AvgIpc) is 3.08. The Balaban J connectivity index is 2.01. The molecule has 4 heteroatoms. The highest BCUT2D eigenvalue weighted by Gasteiger charge is 2.29. The van der Waals surface area contributed by atoms with Gasteiger partial charge in [-0.25, -0.2) is 13.2 Å². The van der Waals surface area contributed by atoms with Gasteiger partial charge in [-0.05, 0) is 43.2 Å². The van der Waals surface area contributed by atoms with Gasteiger partial charge in [0, 0.05) is 4.83 Å². The van der Waals surface area contributed by atoms with Gasteiger partial charge >= 0.3 is 0 Å². The van der Waals surface area contributed by atoms with Crippen molar-refractivity contribution < 1.29 is 13.2 Å². The van der Waals surface area contributed by atoms with Crippen molar-refractivity contribution in [2.75, 3.05) is 0 Å². The van der Waals surface area contributed by atoms with E-state index in [0.717, 1.165) is 12.5 Å². The molecule has 1 saturated carbocycles. The van der Waals surface area contributed by atoms with Gasteiger partial charge in [0.15, 0.2) is 17.5 Å². The maximum Gasteiger partial charge on any atom is 0.194 e. The lowest BCUT2D eigenvalue weighted by molar-refractivity contribution is 0.439. The van der Waals surface area contributed by atoms with E-state index < -0.39 is 17.5 Å². The molecular weight excluding hydrogens is 281 g/mol. The van der Waals surface area contributed by atoms with Gasteiger partial charge in [0.05, 0.1) is 0 Å². The van der Waals surface area contributed by atoms with Gasteiger partial charge in [-0.2, -0.15) is 0 Å². The second-order valence-corrected chi connectivity index (χ2v) is 5.40. The van der Waals surface area contributed by atoms with Crippen LogP contribution in [-0.2, 0) is 6.42 Å². The molecule has 1 aromatic carbocycles. The van der Waals surface area contributed by atoms with Gasteiger partial charge in [0.1, 0.15) is 0 Å². The Hall–Kier alpha value is -0.510. The fraction of sp³-hybridized carbons (Fsp3) is 0.500. The van der Waals surface area contributed by atoms with Gasteiger partial charge in [0.25, 0.3) is 0 Å². The van der Waals surface area contributed by atoms with E-state index in [4.69, 9.17) is 0 Å². The Morgan fingerprint density at radius 2 is 1.88 bits per heavy atom. The van der Waals surface area contributed by atoms with Crippen LogP contribution in [0.1, 0.15) is 24.8 Å². The van der Waals surface area contributed by atoms with Gasteiger partial charge < -0.3 is 0 Å². The van der Waals surface area contributed by atoms with Crippen LogP contribution in [0.25, 0.3) is 0 Å². The molecule has 0 saturated heterocycles. The largest absolute Gasteiger partial charge is 0.204 e. The van der Waals surface area contributed by atoms with Crippen molar-refractivity contribution >= 4 is 15.9 Å². The topological polar surface area (TPSA) is 0 Å². The third-order valence-corrected chi connectivity index (χ3v) is 4.14. The Morgan fingerprint density at radius 1 is 1.19 bits per heavy atom. The summed E-state index contributed by atoms with van der Waals surface area (Å²) in [5.41, 5.74) is 0.254. The minimum Gasteiger partial charge on any atom is -0.204 e. The first-order valence-electron chi connectivity index (χ1n) is 5.36. The van der Waals surface area contributed by atoms with Crippen molar-refractivity contribution in [3.8, 4) is 0 Å². The minimum absolute atomic E-state index is 0.254. The molecule has 1 atom stereocenters. The predicted molar refractivity (Wildman–Crippen MR) is 60.1 cm³/mol. The van der Waals surface area contributed by atoms with Crippen molar-refractivity contribution in [1.82, 2.24) is 0 Å². The van der Waals surface area contributed by atoms with E-state index in [1.54, 1.807) is 0 Å². The molecule has 1 aromatic rings. The first-order chi connectivity index (χ1) is 7.59. The highest BCUT2D eigenvalue weighted by atomic mass is 79.9. The van der Waals surface area contributed by atoms with Crippen LogP contribution >= 0.6 is 15.9 Å². The maximum atomic E-state index is 13.3. The molecule has 0 bridgehead atoms. The maximum absolute atomic E-state index is 13.3. The summed E-state index contributed by atoms with van der Waals surface area (Å²) >= 11 is 3.53. The number of benzene rings is 1. The van der Waals surface area contributed by atoms with Crippen LogP contribution in [0.2, 0.25) is 0 Å². The van der Waals surface area contributed by atoms with Crippen LogP contribution in [0.15, 0.2) is 12.1 Å². The van der Waals surface area contributed by atoms with E-state index in [0.29, 0.717) is 17.2 Å². The number of aryl methyl sites for hydroxylation is 1. The van der Waals surface area contributed by atoms with Crippen LogP contribution in [0.5, 0.6) is 0 Å². The fourth-order valence-electron chi connectivity index (χ4n) is 1.75. The van der Waals surface area contributed by atoms with Crippen LogP contribution in [0.4, 0.5) is 13.2 Å². The Labute approximate surface area is 101 Å². The molecule has 1 aliphatic rings. The average molecular weight is 293 g/mol. The Morgan fingerprint density at radius 3 is 2.50 bits per heavy atom. The summed E-state index contributed by atoms with van der Waals surface area (Å²) in [4.78, 5) is 0.361. The van der Waals surface area contributed by atoms with Crippen LogP contribution in [-0.4, -0.2) is 4.83 Å². The van der Waals surface area contributed by atoms with E-state index in [-0.39, 0.29) is 5.56 Å². The monoisotopic (exact) mass is 292 g/mol. The molecule has 0 aliphatic heterocycles. The molecule has 0 N–H and O–H groups in total. The van der Waals surface area contributed by atoms with Crippen LogP contribution < -0.4 is 0 Å². The highest BCUT2D eigenvalue weighted by molar-refractivity contribution is 9.09. The first-order valence-corrected chi connectivity index (χ1v) is 6.27. The van der Waals surface area contributed by atoms with Crippen molar-refractivity contribution in [3.05, 3.63) is 35.1 Å². The molecule has 1 fully saturated rings. The molecule has 0 amide bonds. The van der Waals surface area contributed by atoms with Gasteiger partial charge in [-0.15, -0.1) is 0 Å². The molecule has 0 nitrogen and oxygen atoms in total. The lowest BCUT2D eigenvalue weighted by atomic mass is 10.1. The van der Waals surface area contributed by atoms with E-state index in [1.165, 1.54) is 18.9 Å². The SMILES string of the molecule is Fc1ccc(CCC(Br)C2CC2)c(F)c1F. The number of alkyl halides is 1. The fourth-order valence-corrected chi connectivity index (χ4v) is 2.50. The number of halogens is 4. The summed E-state index contributed by atoms with van der Waals surface area (Å²) in [6.45, 7) is 0. The van der Waals surface area contributed by atoms with E-state index >= 15 is 0 Å². The van der Waals surface area contributed by atoms with Crippen LogP contribution in [0.3, 0.4) is 0 Å². The molecular formula is C12H12BrF3. The number of rotatable bonds is 4. The zero-order chi connectivity index (χ0) is 11.7. The molecule has 0 spiro atoms. The second kappa shape index (κ2) is 4.78. The van der Waals surface area contributed by atoms with Gasteiger partial charge in [-0.3, -0.25) is 0 Å². The van der Waals surface area contributed by atoms with Crippen molar-refractivity contribution in [2.45, 2.75) is 30.5 Å². The summed E-state index contributed by atoms with van der Waals surface area (Å²) in [6, 6.07) is 2.30. The quantitative estimate of drug-likeness (QED) is 0.576.